The highest BCUT2D eigenvalue weighted by Crippen LogP contribution is 2.14. The number of carbonyl (C=O) groups excluding carboxylic acids is 3. The number of esters is 3. The van der Waals surface area contributed by atoms with Crippen molar-refractivity contribution in [2.24, 2.45) is 0 Å². The van der Waals surface area contributed by atoms with Crippen LogP contribution in [0.25, 0.3) is 0 Å². The second-order valence-corrected chi connectivity index (χ2v) is 18.8. The fraction of sp³-hybridized carbons (Fsp3) is 0.597. The molecule has 73 heavy (non-hydrogen) atoms. The summed E-state index contributed by atoms with van der Waals surface area (Å²) < 4.78 is 16.7. The van der Waals surface area contributed by atoms with E-state index in [0.717, 1.165) is 141 Å². The molecule has 0 spiro atoms. The maximum absolute atomic E-state index is 12.8. The minimum Gasteiger partial charge on any atom is -0.462 e. The van der Waals surface area contributed by atoms with Crippen molar-refractivity contribution in [1.29, 1.82) is 0 Å². The summed E-state index contributed by atoms with van der Waals surface area (Å²) in [5.74, 6) is -0.971. The Bertz CT molecular complexity index is 1630. The average Bonchev–Trinajstić information content (AvgIpc) is 3.39. The number of hydrogen-bond acceptors (Lipinski definition) is 6. The molecule has 0 radical (unpaired) electrons. The van der Waals surface area contributed by atoms with Crippen molar-refractivity contribution in [3.8, 4) is 0 Å². The van der Waals surface area contributed by atoms with Gasteiger partial charge in [-0.25, -0.2) is 0 Å². The van der Waals surface area contributed by atoms with E-state index in [0.29, 0.717) is 19.3 Å². The van der Waals surface area contributed by atoms with E-state index in [1.165, 1.54) is 51.4 Å². The van der Waals surface area contributed by atoms with E-state index >= 15 is 0 Å². The molecular weight excluding hydrogens is 901 g/mol. The van der Waals surface area contributed by atoms with Gasteiger partial charge in [0.05, 0.1) is 0 Å². The van der Waals surface area contributed by atoms with Crippen LogP contribution >= 0.6 is 0 Å². The van der Waals surface area contributed by atoms with Crippen molar-refractivity contribution in [1.82, 2.24) is 0 Å². The third kappa shape index (κ3) is 58.1. The van der Waals surface area contributed by atoms with Gasteiger partial charge in [0, 0.05) is 19.3 Å². The summed E-state index contributed by atoms with van der Waals surface area (Å²) in [6, 6.07) is 0. The van der Waals surface area contributed by atoms with Crippen LogP contribution in [-0.2, 0) is 28.6 Å². The van der Waals surface area contributed by atoms with E-state index in [1.54, 1.807) is 0 Å². The van der Waals surface area contributed by atoms with E-state index in [1.807, 2.05) is 0 Å². The first-order valence-corrected chi connectivity index (χ1v) is 29.3. The zero-order valence-corrected chi connectivity index (χ0v) is 46.8. The molecule has 0 rings (SSSR count). The molecule has 410 valence electrons. The quantitative estimate of drug-likeness (QED) is 0.0261. The van der Waals surface area contributed by atoms with Gasteiger partial charge in [-0.3, -0.25) is 14.4 Å². The molecule has 0 fully saturated rings. The first-order valence-electron chi connectivity index (χ1n) is 29.3. The average molecular weight is 1010 g/mol. The second kappa shape index (κ2) is 59.8. The van der Waals surface area contributed by atoms with Crippen molar-refractivity contribution < 1.29 is 28.6 Å². The summed E-state index contributed by atoms with van der Waals surface area (Å²) in [7, 11) is 0. The zero-order valence-electron chi connectivity index (χ0n) is 46.8. The van der Waals surface area contributed by atoms with Gasteiger partial charge in [0.15, 0.2) is 6.10 Å². The van der Waals surface area contributed by atoms with Crippen molar-refractivity contribution >= 4 is 17.9 Å². The Kier molecular flexibility index (Phi) is 56.0. The van der Waals surface area contributed by atoms with E-state index in [9.17, 15) is 14.4 Å². The third-order valence-corrected chi connectivity index (χ3v) is 11.8. The van der Waals surface area contributed by atoms with E-state index < -0.39 is 6.10 Å². The minimum absolute atomic E-state index is 0.102. The highest BCUT2D eigenvalue weighted by molar-refractivity contribution is 5.71. The van der Waals surface area contributed by atoms with Crippen molar-refractivity contribution in [2.45, 2.75) is 245 Å². The molecule has 6 heteroatoms. The Morgan fingerprint density at radius 3 is 0.863 bits per heavy atom. The number of allylic oxidation sites excluding steroid dienone is 24. The Hall–Kier alpha value is -4.71. The predicted molar refractivity (Wildman–Crippen MR) is 315 cm³/mol. The number of carbonyl (C=O) groups is 3. The smallest absolute Gasteiger partial charge is 0.306 e. The molecule has 0 aromatic rings. The number of rotatable bonds is 51. The Balaban J connectivity index is 4.18. The molecule has 1 unspecified atom stereocenters. The molecule has 6 nitrogen and oxygen atoms in total. The second-order valence-electron chi connectivity index (χ2n) is 18.8. The van der Waals surface area contributed by atoms with Gasteiger partial charge in [-0.2, -0.15) is 0 Å². The van der Waals surface area contributed by atoms with Crippen LogP contribution in [0.15, 0.2) is 146 Å². The van der Waals surface area contributed by atoms with Crippen LogP contribution in [-0.4, -0.2) is 37.2 Å². The summed E-state index contributed by atoms with van der Waals surface area (Å²) in [5, 5.41) is 0. The molecule has 0 N–H and O–H groups in total. The molecule has 0 saturated heterocycles. The van der Waals surface area contributed by atoms with Crippen LogP contribution in [0, 0.1) is 0 Å². The van der Waals surface area contributed by atoms with Crippen LogP contribution in [0.1, 0.15) is 239 Å². The Labute approximate surface area is 448 Å². The molecule has 0 aromatic carbocycles. The lowest BCUT2D eigenvalue weighted by atomic mass is 10.1. The van der Waals surface area contributed by atoms with Crippen molar-refractivity contribution in [2.75, 3.05) is 13.2 Å². The lowest BCUT2D eigenvalue weighted by Gasteiger charge is -2.18. The van der Waals surface area contributed by atoms with Crippen molar-refractivity contribution in [3.05, 3.63) is 146 Å². The summed E-state index contributed by atoms with van der Waals surface area (Å²) in [5.41, 5.74) is 0. The predicted octanol–water partition coefficient (Wildman–Crippen LogP) is 20.0. The van der Waals surface area contributed by atoms with Gasteiger partial charge in [-0.05, 0) is 122 Å². The minimum atomic E-state index is -0.805. The summed E-state index contributed by atoms with van der Waals surface area (Å²) in [6.07, 6.45) is 86.0. The van der Waals surface area contributed by atoms with Crippen LogP contribution in [0.5, 0.6) is 0 Å². The van der Waals surface area contributed by atoms with Gasteiger partial charge in [-0.1, -0.05) is 244 Å². The van der Waals surface area contributed by atoms with Gasteiger partial charge in [0.2, 0.25) is 0 Å². The van der Waals surface area contributed by atoms with Crippen LogP contribution in [0.4, 0.5) is 0 Å². The maximum atomic E-state index is 12.8. The van der Waals surface area contributed by atoms with Crippen molar-refractivity contribution in [3.63, 3.8) is 0 Å². The summed E-state index contributed by atoms with van der Waals surface area (Å²) >= 11 is 0. The van der Waals surface area contributed by atoms with Gasteiger partial charge in [0.1, 0.15) is 13.2 Å². The first-order chi connectivity index (χ1) is 36.0. The van der Waals surface area contributed by atoms with Gasteiger partial charge < -0.3 is 14.2 Å². The molecule has 0 saturated carbocycles. The zero-order chi connectivity index (χ0) is 52.9. The maximum Gasteiger partial charge on any atom is 0.306 e. The van der Waals surface area contributed by atoms with E-state index in [-0.39, 0.29) is 37.5 Å². The molecule has 0 amide bonds. The molecule has 0 bridgehead atoms. The first kappa shape index (κ1) is 68.3. The fourth-order valence-electron chi connectivity index (χ4n) is 7.51. The van der Waals surface area contributed by atoms with E-state index in [2.05, 4.69) is 167 Å². The van der Waals surface area contributed by atoms with Crippen LogP contribution in [0.2, 0.25) is 0 Å². The van der Waals surface area contributed by atoms with Crippen LogP contribution < -0.4 is 0 Å². The van der Waals surface area contributed by atoms with Crippen LogP contribution in [0.3, 0.4) is 0 Å². The number of unbranched alkanes of at least 4 members (excludes halogenated alkanes) is 16. The number of ether oxygens (including phenoxy) is 3. The molecular formula is C67H106O6. The molecule has 0 aliphatic carbocycles. The Morgan fingerprint density at radius 2 is 0.534 bits per heavy atom. The SMILES string of the molecule is CC/C=C\C/C=C\C/C=C\C/C=C\C/C=C\C/C=C\CCCCCCCCCCCCC(=O)OCC(COC(=O)CCCCCCC)OC(=O)CCCC/C=C\C/C=C\C/C=C\C/C=C\C/C=C\C/C=C\CC. The van der Waals surface area contributed by atoms with Gasteiger partial charge in [-0.15, -0.1) is 0 Å². The highest BCUT2D eigenvalue weighted by atomic mass is 16.6. The summed E-state index contributed by atoms with van der Waals surface area (Å²) in [4.78, 5) is 37.8. The molecule has 0 aliphatic heterocycles. The normalized spacial score (nSPS) is 13.2. The fourth-order valence-corrected chi connectivity index (χ4v) is 7.51. The van der Waals surface area contributed by atoms with Gasteiger partial charge >= 0.3 is 17.9 Å². The standard InChI is InChI=1S/C67H106O6/c1-4-7-10-13-15-17-19-21-23-25-27-29-30-31-32-33-34-35-36-38-39-41-43-45-47-49-51-54-57-60-66(69)72-63-64(62-71-65(68)59-56-53-12-9-6-3)73-67(70)61-58-55-52-50-48-46-44-42-40-37-28-26-24-22-20-18-16-14-11-8-5-2/h7-8,10-11,15-18,21-24,27-29,31-32,34-35,37,42,44,48,50,64H,4-6,9,12-14,19-20,25-26,30,33,36,38-41,43,45-47,49,51-63H2,1-3H3/b10-7-,11-8-,17-15-,18-16-,23-21-,24-22-,29-27-,32-31-,35-34-,37-28-,44-42-,50-48-. The topological polar surface area (TPSA) is 78.9 Å². The van der Waals surface area contributed by atoms with Gasteiger partial charge in [0.25, 0.3) is 0 Å². The molecule has 0 aromatic heterocycles. The third-order valence-electron chi connectivity index (χ3n) is 11.8. The lowest BCUT2D eigenvalue weighted by molar-refractivity contribution is -0.167. The molecule has 0 heterocycles. The molecule has 1 atom stereocenters. The largest absolute Gasteiger partial charge is 0.462 e. The highest BCUT2D eigenvalue weighted by Gasteiger charge is 2.19. The summed E-state index contributed by atoms with van der Waals surface area (Å²) in [6.45, 7) is 6.27. The number of hydrogen-bond donors (Lipinski definition) is 0. The van der Waals surface area contributed by atoms with E-state index in [4.69, 9.17) is 14.2 Å². The monoisotopic (exact) mass is 1010 g/mol. The Morgan fingerprint density at radius 1 is 0.288 bits per heavy atom. The molecule has 0 aliphatic rings. The lowest BCUT2D eigenvalue weighted by Crippen LogP contribution is -2.30.